The Balaban J connectivity index is 1.63. The number of nitrogens with zero attached hydrogens (tertiary/aromatic N) is 2. The fraction of sp³-hybridized carbons (Fsp3) is 0.538. The van der Waals surface area contributed by atoms with Gasteiger partial charge in [-0.3, -0.25) is 15.0 Å². The minimum Gasteiger partial charge on any atom is -0.381 e. The van der Waals surface area contributed by atoms with E-state index in [9.17, 15) is 10.1 Å². The van der Waals surface area contributed by atoms with Gasteiger partial charge in [-0.25, -0.2) is 0 Å². The number of benzene rings is 1. The predicted molar refractivity (Wildman–Crippen MR) is 74.7 cm³/mol. The second-order valence-corrected chi connectivity index (χ2v) is 5.69. The number of hydrogen-bond acceptors (Lipinski definition) is 4. The number of halogens is 1. The second kappa shape index (κ2) is 4.98. The van der Waals surface area contributed by atoms with Gasteiger partial charge < -0.3 is 5.32 Å². The molecular weight excluding hydrogens is 266 g/mol. The standard InChI is InChI=1S/C13H16ClN3O2/c14-12-7-9(1-4-13(12)17(18)19)15-10-5-6-16(8-10)11-2-3-11/h1,4,7,10-11,15H,2-3,5-6,8H2. The van der Waals surface area contributed by atoms with Crippen molar-refractivity contribution in [1.29, 1.82) is 0 Å². The van der Waals surface area contributed by atoms with Gasteiger partial charge in [0.1, 0.15) is 5.02 Å². The van der Waals surface area contributed by atoms with Crippen LogP contribution in [-0.2, 0) is 0 Å². The highest BCUT2D eigenvalue weighted by atomic mass is 35.5. The maximum absolute atomic E-state index is 10.7. The Labute approximate surface area is 116 Å². The number of nitrogens with one attached hydrogen (secondary N) is 1. The van der Waals surface area contributed by atoms with E-state index in [0.717, 1.165) is 31.2 Å². The van der Waals surface area contributed by atoms with Crippen LogP contribution in [0.4, 0.5) is 11.4 Å². The van der Waals surface area contributed by atoms with Crippen molar-refractivity contribution in [3.63, 3.8) is 0 Å². The molecule has 1 atom stereocenters. The summed E-state index contributed by atoms with van der Waals surface area (Å²) in [5, 5.41) is 14.3. The molecule has 1 aliphatic carbocycles. The SMILES string of the molecule is O=[N+]([O-])c1ccc(NC2CCN(C3CC3)C2)cc1Cl. The van der Waals surface area contributed by atoms with Gasteiger partial charge in [0.05, 0.1) is 4.92 Å². The lowest BCUT2D eigenvalue weighted by Gasteiger charge is -2.16. The van der Waals surface area contributed by atoms with Crippen molar-refractivity contribution in [2.45, 2.75) is 31.3 Å². The van der Waals surface area contributed by atoms with E-state index >= 15 is 0 Å². The van der Waals surface area contributed by atoms with Gasteiger partial charge >= 0.3 is 0 Å². The third-order valence-corrected chi connectivity index (χ3v) is 4.10. The molecule has 0 aromatic heterocycles. The molecule has 1 unspecified atom stereocenters. The van der Waals surface area contributed by atoms with Crippen molar-refractivity contribution in [3.05, 3.63) is 33.3 Å². The van der Waals surface area contributed by atoms with Gasteiger partial charge in [0.25, 0.3) is 5.69 Å². The lowest BCUT2D eigenvalue weighted by Crippen LogP contribution is -2.27. The highest BCUT2D eigenvalue weighted by Gasteiger charge is 2.34. The van der Waals surface area contributed by atoms with Gasteiger partial charge in [0.15, 0.2) is 0 Å². The molecule has 1 aromatic carbocycles. The van der Waals surface area contributed by atoms with Gasteiger partial charge in [-0.2, -0.15) is 0 Å². The Morgan fingerprint density at radius 3 is 2.79 bits per heavy atom. The minimum atomic E-state index is -0.462. The van der Waals surface area contributed by atoms with E-state index in [0.29, 0.717) is 6.04 Å². The van der Waals surface area contributed by atoms with Crippen LogP contribution in [0, 0.1) is 10.1 Å². The molecule has 2 aliphatic rings. The molecule has 1 aliphatic heterocycles. The van der Waals surface area contributed by atoms with Crippen molar-refractivity contribution >= 4 is 23.0 Å². The number of anilines is 1. The van der Waals surface area contributed by atoms with Gasteiger partial charge in [-0.1, -0.05) is 11.6 Å². The summed E-state index contributed by atoms with van der Waals surface area (Å²) >= 11 is 5.91. The number of likely N-dealkylation sites (tertiary alicyclic amines) is 1. The summed E-state index contributed by atoms with van der Waals surface area (Å²) in [6, 6.07) is 6.03. The Bertz CT molecular complexity index is 505. The quantitative estimate of drug-likeness (QED) is 0.681. The third-order valence-electron chi connectivity index (χ3n) is 3.80. The summed E-state index contributed by atoms with van der Waals surface area (Å²) in [5.74, 6) is 0. The van der Waals surface area contributed by atoms with Crippen LogP contribution in [0.3, 0.4) is 0 Å². The maximum Gasteiger partial charge on any atom is 0.288 e. The molecule has 0 radical (unpaired) electrons. The molecule has 19 heavy (non-hydrogen) atoms. The summed E-state index contributed by atoms with van der Waals surface area (Å²) in [5.41, 5.74) is 0.816. The molecule has 2 fully saturated rings. The first-order chi connectivity index (χ1) is 9.13. The van der Waals surface area contributed by atoms with E-state index in [1.807, 2.05) is 0 Å². The normalized spacial score (nSPS) is 23.5. The fourth-order valence-corrected chi connectivity index (χ4v) is 2.91. The topological polar surface area (TPSA) is 58.4 Å². The van der Waals surface area contributed by atoms with Crippen molar-refractivity contribution in [2.24, 2.45) is 0 Å². The van der Waals surface area contributed by atoms with Crippen LogP contribution in [0.15, 0.2) is 18.2 Å². The first-order valence-corrected chi connectivity index (χ1v) is 6.96. The molecule has 102 valence electrons. The molecule has 6 heteroatoms. The van der Waals surface area contributed by atoms with Crippen LogP contribution in [0.5, 0.6) is 0 Å². The van der Waals surface area contributed by atoms with Gasteiger partial charge in [-0.05, 0) is 31.4 Å². The maximum atomic E-state index is 10.7. The minimum absolute atomic E-state index is 0.0433. The van der Waals surface area contributed by atoms with Crippen LogP contribution in [-0.4, -0.2) is 35.0 Å². The highest BCUT2D eigenvalue weighted by Crippen LogP contribution is 2.32. The summed E-state index contributed by atoms with van der Waals surface area (Å²) in [4.78, 5) is 12.8. The van der Waals surface area contributed by atoms with E-state index in [1.54, 1.807) is 12.1 Å². The lowest BCUT2D eigenvalue weighted by molar-refractivity contribution is -0.384. The Morgan fingerprint density at radius 2 is 2.16 bits per heavy atom. The molecule has 1 N–H and O–H groups in total. The lowest BCUT2D eigenvalue weighted by atomic mass is 10.2. The van der Waals surface area contributed by atoms with Crippen LogP contribution in [0.25, 0.3) is 0 Å². The van der Waals surface area contributed by atoms with Gasteiger partial charge in [-0.15, -0.1) is 0 Å². The van der Waals surface area contributed by atoms with Crippen molar-refractivity contribution in [1.82, 2.24) is 4.90 Å². The zero-order valence-corrected chi connectivity index (χ0v) is 11.3. The molecule has 1 heterocycles. The first-order valence-electron chi connectivity index (χ1n) is 6.58. The second-order valence-electron chi connectivity index (χ2n) is 5.28. The number of nitro groups is 1. The molecule has 3 rings (SSSR count). The zero-order chi connectivity index (χ0) is 13.4. The van der Waals surface area contributed by atoms with Crippen LogP contribution in [0.1, 0.15) is 19.3 Å². The van der Waals surface area contributed by atoms with Crippen LogP contribution in [0.2, 0.25) is 5.02 Å². The van der Waals surface area contributed by atoms with E-state index in [-0.39, 0.29) is 10.7 Å². The first kappa shape index (κ1) is 12.7. The number of rotatable bonds is 4. The summed E-state index contributed by atoms with van der Waals surface area (Å²) in [7, 11) is 0. The fourth-order valence-electron chi connectivity index (χ4n) is 2.66. The Morgan fingerprint density at radius 1 is 1.37 bits per heavy atom. The van der Waals surface area contributed by atoms with Gasteiger partial charge in [0, 0.05) is 36.9 Å². The monoisotopic (exact) mass is 281 g/mol. The number of nitro benzene ring substituents is 1. The smallest absolute Gasteiger partial charge is 0.288 e. The summed E-state index contributed by atoms with van der Waals surface area (Å²) in [6.45, 7) is 2.20. The molecular formula is C13H16ClN3O2. The van der Waals surface area contributed by atoms with E-state index in [1.165, 1.54) is 18.9 Å². The van der Waals surface area contributed by atoms with Crippen LogP contribution < -0.4 is 5.32 Å². The van der Waals surface area contributed by atoms with Crippen molar-refractivity contribution in [2.75, 3.05) is 18.4 Å². The van der Waals surface area contributed by atoms with E-state index in [2.05, 4.69) is 10.2 Å². The molecule has 0 spiro atoms. The predicted octanol–water partition coefficient (Wildman–Crippen LogP) is 2.90. The molecule has 1 saturated carbocycles. The third kappa shape index (κ3) is 2.82. The molecule has 0 bridgehead atoms. The highest BCUT2D eigenvalue weighted by molar-refractivity contribution is 6.32. The summed E-state index contributed by atoms with van der Waals surface area (Å²) < 4.78 is 0. The van der Waals surface area contributed by atoms with Crippen molar-refractivity contribution < 1.29 is 4.92 Å². The average molecular weight is 282 g/mol. The van der Waals surface area contributed by atoms with Crippen LogP contribution >= 0.6 is 11.6 Å². The van der Waals surface area contributed by atoms with E-state index < -0.39 is 4.92 Å². The van der Waals surface area contributed by atoms with Crippen molar-refractivity contribution in [3.8, 4) is 0 Å². The zero-order valence-electron chi connectivity index (χ0n) is 10.5. The largest absolute Gasteiger partial charge is 0.381 e. The Hall–Kier alpha value is -1.33. The molecule has 5 nitrogen and oxygen atoms in total. The van der Waals surface area contributed by atoms with Gasteiger partial charge in [0.2, 0.25) is 0 Å². The molecule has 0 amide bonds. The molecule has 1 aromatic rings. The average Bonchev–Trinajstić information content (AvgIpc) is 3.10. The van der Waals surface area contributed by atoms with E-state index in [4.69, 9.17) is 11.6 Å². The summed E-state index contributed by atoms with van der Waals surface area (Å²) in [6.07, 6.45) is 3.78. The number of hydrogen-bond donors (Lipinski definition) is 1. The molecule has 1 saturated heterocycles. The Kier molecular flexibility index (Phi) is 3.33.